The van der Waals surface area contributed by atoms with Crippen molar-refractivity contribution in [3.63, 3.8) is 0 Å². The summed E-state index contributed by atoms with van der Waals surface area (Å²) in [6.07, 6.45) is 1.41. The Kier molecular flexibility index (Phi) is 7.45. The van der Waals surface area contributed by atoms with Crippen molar-refractivity contribution in [3.8, 4) is 5.75 Å². The van der Waals surface area contributed by atoms with E-state index in [1.54, 1.807) is 37.3 Å². The molecule has 0 bridgehead atoms. The quantitative estimate of drug-likeness (QED) is 0.479. The van der Waals surface area contributed by atoms with Gasteiger partial charge in [-0.2, -0.15) is 0 Å². The standard InChI is InChI=1S/C26H28N4O5/c1-2-34-26(33)19-6-9-20(10-7-19)28-23(31)16-35-21-5-3-4-17-8-11-22(29-24(17)21)30-14-12-18(13-15-30)25(27)32/h3-11,18H,2,12-16H2,1H3,(H2,27,32)(H,28,31). The third-order valence-electron chi connectivity index (χ3n) is 5.93. The van der Waals surface area contributed by atoms with Crippen LogP contribution in [0.2, 0.25) is 0 Å². The molecular weight excluding hydrogens is 448 g/mol. The maximum absolute atomic E-state index is 12.4. The molecule has 0 saturated carbocycles. The fourth-order valence-corrected chi connectivity index (χ4v) is 4.04. The number of nitrogens with one attached hydrogen (secondary N) is 1. The smallest absolute Gasteiger partial charge is 0.338 e. The van der Waals surface area contributed by atoms with Gasteiger partial charge >= 0.3 is 5.97 Å². The number of fused-ring (bicyclic) bond motifs is 1. The molecule has 0 atom stereocenters. The van der Waals surface area contributed by atoms with E-state index < -0.39 is 5.97 Å². The number of ether oxygens (including phenoxy) is 2. The van der Waals surface area contributed by atoms with Crippen LogP contribution in [0.5, 0.6) is 5.75 Å². The number of hydrogen-bond acceptors (Lipinski definition) is 7. The van der Waals surface area contributed by atoms with Crippen LogP contribution >= 0.6 is 0 Å². The molecule has 9 nitrogen and oxygen atoms in total. The molecule has 1 aliphatic rings. The minimum atomic E-state index is -0.409. The Balaban J connectivity index is 1.40. The van der Waals surface area contributed by atoms with E-state index in [1.165, 1.54) is 0 Å². The number of nitrogens with zero attached hydrogens (tertiary/aromatic N) is 2. The van der Waals surface area contributed by atoms with Gasteiger partial charge in [0.05, 0.1) is 12.2 Å². The molecule has 1 fully saturated rings. The van der Waals surface area contributed by atoms with Crippen molar-refractivity contribution in [2.24, 2.45) is 11.7 Å². The predicted molar refractivity (Wildman–Crippen MR) is 132 cm³/mol. The minimum absolute atomic E-state index is 0.0921. The molecule has 3 aromatic rings. The first-order valence-corrected chi connectivity index (χ1v) is 11.6. The number of rotatable bonds is 8. The van der Waals surface area contributed by atoms with Crippen molar-refractivity contribution in [2.75, 3.05) is 36.5 Å². The van der Waals surface area contributed by atoms with E-state index in [4.69, 9.17) is 20.2 Å². The van der Waals surface area contributed by atoms with Crippen LogP contribution in [-0.2, 0) is 14.3 Å². The van der Waals surface area contributed by atoms with Crippen LogP contribution in [0, 0.1) is 5.92 Å². The fourth-order valence-electron chi connectivity index (χ4n) is 4.04. The number of para-hydroxylation sites is 1. The lowest BCUT2D eigenvalue weighted by Gasteiger charge is -2.31. The average molecular weight is 477 g/mol. The molecule has 0 unspecified atom stereocenters. The minimum Gasteiger partial charge on any atom is -0.481 e. The van der Waals surface area contributed by atoms with E-state index in [0.29, 0.717) is 55.1 Å². The summed E-state index contributed by atoms with van der Waals surface area (Å²) in [5.74, 6) is 0.210. The van der Waals surface area contributed by atoms with Gasteiger partial charge in [-0.15, -0.1) is 0 Å². The summed E-state index contributed by atoms with van der Waals surface area (Å²) >= 11 is 0. The monoisotopic (exact) mass is 476 g/mol. The maximum atomic E-state index is 12.4. The number of hydrogen-bond donors (Lipinski definition) is 2. The van der Waals surface area contributed by atoms with Gasteiger partial charge in [-0.1, -0.05) is 12.1 Å². The van der Waals surface area contributed by atoms with Crippen molar-refractivity contribution in [1.82, 2.24) is 4.98 Å². The van der Waals surface area contributed by atoms with Crippen LogP contribution in [0.1, 0.15) is 30.1 Å². The molecule has 9 heteroatoms. The van der Waals surface area contributed by atoms with Crippen molar-refractivity contribution in [3.05, 3.63) is 60.2 Å². The molecule has 35 heavy (non-hydrogen) atoms. The molecule has 2 heterocycles. The third-order valence-corrected chi connectivity index (χ3v) is 5.93. The number of aromatic nitrogens is 1. The Bertz CT molecular complexity index is 1220. The summed E-state index contributed by atoms with van der Waals surface area (Å²) in [4.78, 5) is 42.6. The van der Waals surface area contributed by atoms with Gasteiger partial charge in [-0.25, -0.2) is 9.78 Å². The molecule has 0 aliphatic carbocycles. The lowest BCUT2D eigenvalue weighted by molar-refractivity contribution is -0.122. The van der Waals surface area contributed by atoms with E-state index in [9.17, 15) is 14.4 Å². The number of nitrogens with two attached hydrogens (primary N) is 1. The molecule has 1 saturated heterocycles. The van der Waals surface area contributed by atoms with Gasteiger partial charge in [0.25, 0.3) is 5.91 Å². The average Bonchev–Trinajstić information content (AvgIpc) is 2.87. The number of pyridine rings is 1. The summed E-state index contributed by atoms with van der Waals surface area (Å²) in [5.41, 5.74) is 7.06. The summed E-state index contributed by atoms with van der Waals surface area (Å²) < 4.78 is 10.8. The molecule has 2 aromatic carbocycles. The molecule has 1 aromatic heterocycles. The van der Waals surface area contributed by atoms with E-state index in [-0.39, 0.29) is 24.3 Å². The number of piperidine rings is 1. The molecule has 4 rings (SSSR count). The van der Waals surface area contributed by atoms with Crippen LogP contribution in [0.25, 0.3) is 10.9 Å². The Morgan fingerprint density at radius 2 is 1.80 bits per heavy atom. The van der Waals surface area contributed by atoms with Gasteiger partial charge in [-0.3, -0.25) is 9.59 Å². The highest BCUT2D eigenvalue weighted by atomic mass is 16.5. The number of carbonyl (C=O) groups excluding carboxylic acids is 3. The van der Waals surface area contributed by atoms with E-state index in [1.807, 2.05) is 24.3 Å². The third kappa shape index (κ3) is 5.87. The first-order chi connectivity index (χ1) is 16.9. The zero-order chi connectivity index (χ0) is 24.8. The zero-order valence-corrected chi connectivity index (χ0v) is 19.5. The fraction of sp³-hybridized carbons (Fsp3) is 0.308. The second-order valence-electron chi connectivity index (χ2n) is 8.30. The summed E-state index contributed by atoms with van der Waals surface area (Å²) in [6, 6.07) is 15.9. The largest absolute Gasteiger partial charge is 0.481 e. The number of amides is 2. The highest BCUT2D eigenvalue weighted by Crippen LogP contribution is 2.28. The van der Waals surface area contributed by atoms with Crippen molar-refractivity contribution >= 4 is 40.2 Å². The highest BCUT2D eigenvalue weighted by molar-refractivity contribution is 5.94. The maximum Gasteiger partial charge on any atom is 0.338 e. The highest BCUT2D eigenvalue weighted by Gasteiger charge is 2.24. The lowest BCUT2D eigenvalue weighted by atomic mass is 9.96. The number of carbonyl (C=O) groups is 3. The van der Waals surface area contributed by atoms with Gasteiger partial charge in [-0.05, 0) is 62.2 Å². The topological polar surface area (TPSA) is 124 Å². The molecular formula is C26H28N4O5. The Labute approximate surface area is 203 Å². The van der Waals surface area contributed by atoms with Gasteiger partial charge < -0.3 is 25.4 Å². The summed E-state index contributed by atoms with van der Waals surface area (Å²) in [7, 11) is 0. The predicted octanol–water partition coefficient (Wildman–Crippen LogP) is 3.13. The Morgan fingerprint density at radius 3 is 2.49 bits per heavy atom. The van der Waals surface area contributed by atoms with Gasteiger partial charge in [0.1, 0.15) is 17.1 Å². The zero-order valence-electron chi connectivity index (χ0n) is 19.5. The second kappa shape index (κ2) is 10.9. The SMILES string of the molecule is CCOC(=O)c1ccc(NC(=O)COc2cccc3ccc(N4CCC(C(N)=O)CC4)nc23)cc1. The molecule has 2 amide bonds. The van der Waals surface area contributed by atoms with Crippen LogP contribution in [-0.4, -0.2) is 49.1 Å². The van der Waals surface area contributed by atoms with Crippen molar-refractivity contribution in [1.29, 1.82) is 0 Å². The number of benzene rings is 2. The van der Waals surface area contributed by atoms with Crippen LogP contribution < -0.4 is 20.7 Å². The van der Waals surface area contributed by atoms with E-state index in [2.05, 4.69) is 10.2 Å². The normalized spacial score (nSPS) is 13.9. The molecule has 0 radical (unpaired) electrons. The Morgan fingerprint density at radius 1 is 1.06 bits per heavy atom. The van der Waals surface area contributed by atoms with Gasteiger partial charge in [0, 0.05) is 30.1 Å². The molecule has 182 valence electrons. The molecule has 1 aliphatic heterocycles. The summed E-state index contributed by atoms with van der Waals surface area (Å²) in [5, 5.41) is 3.65. The van der Waals surface area contributed by atoms with E-state index >= 15 is 0 Å². The number of esters is 1. The van der Waals surface area contributed by atoms with Gasteiger partial charge in [0.15, 0.2) is 6.61 Å². The molecule has 3 N–H and O–H groups in total. The van der Waals surface area contributed by atoms with Crippen molar-refractivity contribution in [2.45, 2.75) is 19.8 Å². The first kappa shape index (κ1) is 24.0. The summed E-state index contributed by atoms with van der Waals surface area (Å²) in [6.45, 7) is 3.24. The molecule has 0 spiro atoms. The number of primary amides is 1. The first-order valence-electron chi connectivity index (χ1n) is 11.6. The van der Waals surface area contributed by atoms with Crippen molar-refractivity contribution < 1.29 is 23.9 Å². The Hall–Kier alpha value is -4.14. The van der Waals surface area contributed by atoms with Crippen LogP contribution in [0.3, 0.4) is 0 Å². The number of anilines is 2. The van der Waals surface area contributed by atoms with Crippen LogP contribution in [0.15, 0.2) is 54.6 Å². The lowest BCUT2D eigenvalue weighted by Crippen LogP contribution is -2.38. The van der Waals surface area contributed by atoms with Gasteiger partial charge in [0.2, 0.25) is 5.91 Å². The van der Waals surface area contributed by atoms with Crippen LogP contribution in [0.4, 0.5) is 11.5 Å². The second-order valence-corrected chi connectivity index (χ2v) is 8.30. The van der Waals surface area contributed by atoms with E-state index in [0.717, 1.165) is 11.2 Å².